The summed E-state index contributed by atoms with van der Waals surface area (Å²) in [4.78, 5) is 0. The van der Waals surface area contributed by atoms with Crippen LogP contribution in [0.15, 0.2) is 29.4 Å². The van der Waals surface area contributed by atoms with E-state index in [-0.39, 0.29) is 0 Å². The smallest absolute Gasteiger partial charge is 0.153 e. The van der Waals surface area contributed by atoms with E-state index < -0.39 is 0 Å². The maximum atomic E-state index is 5.17. The van der Waals surface area contributed by atoms with E-state index in [1.807, 2.05) is 30.5 Å². The van der Waals surface area contributed by atoms with E-state index in [1.54, 1.807) is 13.3 Å². The summed E-state index contributed by atoms with van der Waals surface area (Å²) in [6.45, 7) is 0. The van der Waals surface area contributed by atoms with Crippen molar-refractivity contribution in [2.24, 2.45) is 5.10 Å². The first-order chi connectivity index (χ1) is 7.27. The number of hydrazone groups is 1. The monoisotopic (exact) mass is 240 g/mol. The number of methoxy groups -OCH3 is 1. The number of thioether (sulfide) groups is 1. The number of hydrogen-bond donors (Lipinski definition) is 1. The minimum Gasteiger partial charge on any atom is -0.496 e. The van der Waals surface area contributed by atoms with Gasteiger partial charge in [0.1, 0.15) is 5.75 Å². The highest BCUT2D eigenvalue weighted by Crippen LogP contribution is 2.14. The molecule has 1 rings (SSSR count). The summed E-state index contributed by atoms with van der Waals surface area (Å²) < 4.78 is 5.81. The highest BCUT2D eigenvalue weighted by Gasteiger charge is 1.97. The lowest BCUT2D eigenvalue weighted by Crippen LogP contribution is -2.10. The molecular weight excluding hydrogens is 228 g/mol. The van der Waals surface area contributed by atoms with Gasteiger partial charge in [0, 0.05) is 5.56 Å². The molecule has 0 aliphatic rings. The predicted octanol–water partition coefficient (Wildman–Crippen LogP) is 2.27. The summed E-state index contributed by atoms with van der Waals surface area (Å²) in [7, 11) is 1.63. The third-order valence-electron chi connectivity index (χ3n) is 1.68. The zero-order valence-electron chi connectivity index (χ0n) is 8.56. The fourth-order valence-electron chi connectivity index (χ4n) is 0.973. The summed E-state index contributed by atoms with van der Waals surface area (Å²) >= 11 is 6.38. The van der Waals surface area contributed by atoms with Crippen molar-refractivity contribution in [2.75, 3.05) is 13.4 Å². The Morgan fingerprint density at radius 1 is 1.53 bits per heavy atom. The van der Waals surface area contributed by atoms with E-state index in [4.69, 9.17) is 17.0 Å². The van der Waals surface area contributed by atoms with E-state index in [1.165, 1.54) is 11.8 Å². The van der Waals surface area contributed by atoms with Gasteiger partial charge in [-0.1, -0.05) is 36.1 Å². The molecule has 0 radical (unpaired) electrons. The molecule has 0 fully saturated rings. The van der Waals surface area contributed by atoms with Gasteiger partial charge < -0.3 is 4.74 Å². The van der Waals surface area contributed by atoms with Crippen LogP contribution >= 0.6 is 24.0 Å². The van der Waals surface area contributed by atoms with Gasteiger partial charge in [-0.25, -0.2) is 0 Å². The van der Waals surface area contributed by atoms with Crippen LogP contribution in [0.2, 0.25) is 0 Å². The summed E-state index contributed by atoms with van der Waals surface area (Å²) in [5.74, 6) is 0.790. The second kappa shape index (κ2) is 6.42. The predicted molar refractivity (Wildman–Crippen MR) is 69.8 cm³/mol. The largest absolute Gasteiger partial charge is 0.496 e. The van der Waals surface area contributed by atoms with Crippen LogP contribution < -0.4 is 10.2 Å². The number of rotatable bonds is 3. The number of ether oxygens (including phenoxy) is 1. The summed E-state index contributed by atoms with van der Waals surface area (Å²) in [5.41, 5.74) is 3.65. The highest BCUT2D eigenvalue weighted by atomic mass is 32.2. The van der Waals surface area contributed by atoms with Crippen LogP contribution in [0.25, 0.3) is 0 Å². The van der Waals surface area contributed by atoms with Crippen LogP contribution in [0.4, 0.5) is 0 Å². The van der Waals surface area contributed by atoms with Crippen molar-refractivity contribution >= 4 is 34.5 Å². The van der Waals surface area contributed by atoms with Crippen molar-refractivity contribution in [2.45, 2.75) is 0 Å². The molecule has 0 aliphatic heterocycles. The molecule has 0 saturated carbocycles. The molecule has 0 aliphatic carbocycles. The lowest BCUT2D eigenvalue weighted by Gasteiger charge is -2.03. The van der Waals surface area contributed by atoms with Crippen molar-refractivity contribution in [3.8, 4) is 5.75 Å². The van der Waals surface area contributed by atoms with Gasteiger partial charge in [-0.15, -0.1) is 0 Å². The minimum atomic E-state index is 0.640. The molecule has 0 atom stereocenters. The molecule has 0 heterocycles. The number of hydrogen-bond acceptors (Lipinski definition) is 4. The van der Waals surface area contributed by atoms with Crippen LogP contribution in [0.3, 0.4) is 0 Å². The van der Waals surface area contributed by atoms with E-state index in [0.717, 1.165) is 11.3 Å². The van der Waals surface area contributed by atoms with Crippen molar-refractivity contribution < 1.29 is 4.74 Å². The molecule has 0 aromatic heterocycles. The van der Waals surface area contributed by atoms with Gasteiger partial charge in [0.05, 0.1) is 13.3 Å². The third-order valence-corrected chi connectivity index (χ3v) is 2.74. The Morgan fingerprint density at radius 3 is 2.93 bits per heavy atom. The lowest BCUT2D eigenvalue weighted by molar-refractivity contribution is 0.414. The van der Waals surface area contributed by atoms with Gasteiger partial charge in [-0.2, -0.15) is 5.10 Å². The van der Waals surface area contributed by atoms with Crippen molar-refractivity contribution in [3.63, 3.8) is 0 Å². The first-order valence-corrected chi connectivity index (χ1v) is 5.91. The van der Waals surface area contributed by atoms with Gasteiger partial charge in [0.25, 0.3) is 0 Å². The fourth-order valence-corrected chi connectivity index (χ4v) is 1.17. The average Bonchev–Trinajstić information content (AvgIpc) is 2.29. The molecule has 0 spiro atoms. The zero-order chi connectivity index (χ0) is 11.1. The number of thiocarbonyl (C=S) groups is 1. The van der Waals surface area contributed by atoms with Crippen LogP contribution in [0.5, 0.6) is 5.75 Å². The Labute approximate surface area is 98.9 Å². The Bertz CT molecular complexity index is 366. The van der Waals surface area contributed by atoms with E-state index in [0.29, 0.717) is 4.32 Å². The Kier molecular flexibility index (Phi) is 5.14. The average molecular weight is 240 g/mol. The van der Waals surface area contributed by atoms with Crippen LogP contribution in [0.1, 0.15) is 5.56 Å². The molecule has 15 heavy (non-hydrogen) atoms. The van der Waals surface area contributed by atoms with Gasteiger partial charge in [0.15, 0.2) is 4.32 Å². The number of para-hydroxylation sites is 1. The van der Waals surface area contributed by atoms with Gasteiger partial charge >= 0.3 is 0 Å². The molecule has 3 nitrogen and oxygen atoms in total. The van der Waals surface area contributed by atoms with Crippen molar-refractivity contribution in [1.29, 1.82) is 0 Å². The molecule has 0 unspecified atom stereocenters. The van der Waals surface area contributed by atoms with E-state index in [9.17, 15) is 0 Å². The molecule has 1 aromatic rings. The highest BCUT2D eigenvalue weighted by molar-refractivity contribution is 8.22. The normalized spacial score (nSPS) is 10.3. The molecule has 0 amide bonds. The van der Waals surface area contributed by atoms with Gasteiger partial charge in [0.2, 0.25) is 0 Å². The molecule has 80 valence electrons. The Balaban J connectivity index is 2.67. The fraction of sp³-hybridized carbons (Fsp3) is 0.200. The number of nitrogens with one attached hydrogen (secondary N) is 1. The van der Waals surface area contributed by atoms with Crippen LogP contribution in [-0.4, -0.2) is 23.9 Å². The molecular formula is C10H12N2OS2. The third kappa shape index (κ3) is 3.89. The SMILES string of the molecule is COc1ccccc1C=NNC(=S)SC. The van der Waals surface area contributed by atoms with Crippen molar-refractivity contribution in [3.05, 3.63) is 29.8 Å². The number of nitrogens with zero attached hydrogens (tertiary/aromatic N) is 1. The van der Waals surface area contributed by atoms with Gasteiger partial charge in [-0.3, -0.25) is 5.43 Å². The van der Waals surface area contributed by atoms with Crippen LogP contribution in [-0.2, 0) is 0 Å². The zero-order valence-corrected chi connectivity index (χ0v) is 10.2. The van der Waals surface area contributed by atoms with Crippen LogP contribution in [0, 0.1) is 0 Å². The molecule has 5 heteroatoms. The molecule has 1 N–H and O–H groups in total. The van der Waals surface area contributed by atoms with Gasteiger partial charge in [-0.05, 0) is 18.4 Å². The minimum absolute atomic E-state index is 0.640. The molecule has 0 bridgehead atoms. The lowest BCUT2D eigenvalue weighted by atomic mass is 10.2. The second-order valence-corrected chi connectivity index (χ2v) is 4.09. The second-order valence-electron chi connectivity index (χ2n) is 2.60. The standard InChI is InChI=1S/C10H12N2OS2/c1-13-9-6-4-3-5-8(9)7-11-12-10(14)15-2/h3-7H,1-2H3,(H,12,14). The Hall–Kier alpha value is -1.07. The first-order valence-electron chi connectivity index (χ1n) is 4.28. The number of benzene rings is 1. The molecule has 0 saturated heterocycles. The van der Waals surface area contributed by atoms with E-state index >= 15 is 0 Å². The summed E-state index contributed by atoms with van der Waals surface area (Å²) in [6.07, 6.45) is 3.58. The van der Waals surface area contributed by atoms with Crippen molar-refractivity contribution in [1.82, 2.24) is 5.43 Å². The topological polar surface area (TPSA) is 33.6 Å². The molecule has 1 aromatic carbocycles. The quantitative estimate of drug-likeness (QED) is 0.499. The maximum Gasteiger partial charge on any atom is 0.153 e. The summed E-state index contributed by atoms with van der Waals surface area (Å²) in [6, 6.07) is 7.65. The Morgan fingerprint density at radius 2 is 2.27 bits per heavy atom. The summed E-state index contributed by atoms with van der Waals surface area (Å²) in [5, 5.41) is 4.00. The first kappa shape index (κ1) is 12.0. The van der Waals surface area contributed by atoms with E-state index in [2.05, 4.69) is 10.5 Å². The maximum absolute atomic E-state index is 5.17.